The van der Waals surface area contributed by atoms with E-state index >= 15 is 0 Å². The first-order valence-corrected chi connectivity index (χ1v) is 7.31. The van der Waals surface area contributed by atoms with Crippen molar-refractivity contribution in [2.45, 2.75) is 45.7 Å². The summed E-state index contributed by atoms with van der Waals surface area (Å²) in [6.07, 6.45) is 1.95. The minimum Gasteiger partial charge on any atom is -0.338 e. The number of nitrogens with one attached hydrogen (secondary N) is 1. The van der Waals surface area contributed by atoms with Gasteiger partial charge < -0.3 is 4.52 Å². The average molecular weight is 300 g/mol. The maximum atomic E-state index is 5.28. The Morgan fingerprint density at radius 1 is 1.27 bits per heavy atom. The molecule has 3 aromatic heterocycles. The molecule has 0 amide bonds. The zero-order valence-corrected chi connectivity index (χ0v) is 13.2. The van der Waals surface area contributed by atoms with Crippen LogP contribution < -0.4 is 5.32 Å². The standard InChI is InChI=1S/C15H20N6O/c1-10(13-19-18-11-7-5-6-8-21(11)13)16-9-12-17-14(20-22-12)15(2,3)4/h5-8,10,16H,9H2,1-4H3. The minimum absolute atomic E-state index is 0.0161. The molecule has 1 unspecified atom stereocenters. The second-order valence-corrected chi connectivity index (χ2v) is 6.35. The van der Waals surface area contributed by atoms with Crippen molar-refractivity contribution in [3.05, 3.63) is 41.9 Å². The molecule has 7 nitrogen and oxygen atoms in total. The normalized spacial score (nSPS) is 13.6. The van der Waals surface area contributed by atoms with Crippen LogP contribution in [0, 0.1) is 0 Å². The maximum Gasteiger partial charge on any atom is 0.240 e. The van der Waals surface area contributed by atoms with E-state index in [1.807, 2.05) is 35.7 Å². The molecule has 0 bridgehead atoms. The Balaban J connectivity index is 1.70. The van der Waals surface area contributed by atoms with E-state index in [0.29, 0.717) is 18.3 Å². The van der Waals surface area contributed by atoms with Crippen LogP contribution in [0.15, 0.2) is 28.9 Å². The molecule has 0 radical (unpaired) electrons. The van der Waals surface area contributed by atoms with E-state index in [1.54, 1.807) is 0 Å². The van der Waals surface area contributed by atoms with Crippen LogP contribution in [0.5, 0.6) is 0 Å². The highest BCUT2D eigenvalue weighted by atomic mass is 16.5. The Morgan fingerprint density at radius 3 is 2.82 bits per heavy atom. The van der Waals surface area contributed by atoms with Crippen molar-refractivity contribution in [2.24, 2.45) is 0 Å². The van der Waals surface area contributed by atoms with Gasteiger partial charge >= 0.3 is 0 Å². The summed E-state index contributed by atoms with van der Waals surface area (Å²) in [7, 11) is 0. The third-order valence-corrected chi connectivity index (χ3v) is 3.43. The SMILES string of the molecule is CC(NCc1nc(C(C)(C)C)no1)c1nnc2ccccn12. The van der Waals surface area contributed by atoms with Gasteiger partial charge in [0.25, 0.3) is 0 Å². The van der Waals surface area contributed by atoms with Gasteiger partial charge in [-0.25, -0.2) is 0 Å². The van der Waals surface area contributed by atoms with E-state index in [2.05, 4.69) is 46.4 Å². The fourth-order valence-electron chi connectivity index (χ4n) is 2.12. The predicted molar refractivity (Wildman–Crippen MR) is 81.2 cm³/mol. The lowest BCUT2D eigenvalue weighted by Crippen LogP contribution is -2.21. The Hall–Kier alpha value is -2.28. The molecular formula is C15H20N6O. The molecule has 3 rings (SSSR count). The fraction of sp³-hybridized carbons (Fsp3) is 0.467. The first-order chi connectivity index (χ1) is 10.4. The molecule has 7 heteroatoms. The molecule has 3 aromatic rings. The van der Waals surface area contributed by atoms with Crippen molar-refractivity contribution in [1.29, 1.82) is 0 Å². The predicted octanol–water partition coefficient (Wildman–Crippen LogP) is 2.26. The van der Waals surface area contributed by atoms with E-state index in [4.69, 9.17) is 4.52 Å². The van der Waals surface area contributed by atoms with Crippen molar-refractivity contribution >= 4 is 5.65 Å². The lowest BCUT2D eigenvalue weighted by molar-refractivity contribution is 0.347. The lowest BCUT2D eigenvalue weighted by atomic mass is 9.96. The minimum atomic E-state index is -0.115. The van der Waals surface area contributed by atoms with Crippen molar-refractivity contribution in [2.75, 3.05) is 0 Å². The molecule has 1 N–H and O–H groups in total. The number of rotatable bonds is 4. The van der Waals surface area contributed by atoms with Crippen LogP contribution in [0.4, 0.5) is 0 Å². The summed E-state index contributed by atoms with van der Waals surface area (Å²) >= 11 is 0. The van der Waals surface area contributed by atoms with Crippen LogP contribution >= 0.6 is 0 Å². The van der Waals surface area contributed by atoms with E-state index in [1.165, 1.54) is 0 Å². The van der Waals surface area contributed by atoms with Crippen molar-refractivity contribution < 1.29 is 4.52 Å². The van der Waals surface area contributed by atoms with Crippen LogP contribution in [-0.2, 0) is 12.0 Å². The van der Waals surface area contributed by atoms with Gasteiger partial charge in [0, 0.05) is 11.6 Å². The molecule has 0 aliphatic rings. The fourth-order valence-corrected chi connectivity index (χ4v) is 2.12. The van der Waals surface area contributed by atoms with Gasteiger partial charge in [-0.1, -0.05) is 32.0 Å². The smallest absolute Gasteiger partial charge is 0.240 e. The summed E-state index contributed by atoms with van der Waals surface area (Å²) in [5.41, 5.74) is 0.718. The molecule has 22 heavy (non-hydrogen) atoms. The summed E-state index contributed by atoms with van der Waals surface area (Å²) in [5.74, 6) is 2.14. The van der Waals surface area contributed by atoms with E-state index < -0.39 is 0 Å². The molecule has 0 spiro atoms. The van der Waals surface area contributed by atoms with Gasteiger partial charge in [-0.2, -0.15) is 4.98 Å². The molecule has 0 fully saturated rings. The number of nitrogens with zero attached hydrogens (tertiary/aromatic N) is 5. The number of fused-ring (bicyclic) bond motifs is 1. The van der Waals surface area contributed by atoms with Gasteiger partial charge in [0.05, 0.1) is 12.6 Å². The number of hydrogen-bond acceptors (Lipinski definition) is 6. The zero-order chi connectivity index (χ0) is 15.7. The van der Waals surface area contributed by atoms with E-state index in [0.717, 1.165) is 11.5 Å². The Morgan fingerprint density at radius 2 is 2.09 bits per heavy atom. The number of hydrogen-bond donors (Lipinski definition) is 1. The molecule has 0 aliphatic carbocycles. The van der Waals surface area contributed by atoms with Crippen LogP contribution in [0.1, 0.15) is 51.3 Å². The van der Waals surface area contributed by atoms with Gasteiger partial charge in [-0.05, 0) is 19.1 Å². The first-order valence-electron chi connectivity index (χ1n) is 7.31. The Labute approximate surface area is 128 Å². The first kappa shape index (κ1) is 14.6. The topological polar surface area (TPSA) is 81.1 Å². The van der Waals surface area contributed by atoms with E-state index in [-0.39, 0.29) is 11.5 Å². The molecule has 116 valence electrons. The summed E-state index contributed by atoms with van der Waals surface area (Å²) in [5, 5.41) is 15.7. The largest absolute Gasteiger partial charge is 0.338 e. The van der Waals surface area contributed by atoms with Crippen molar-refractivity contribution in [1.82, 2.24) is 30.1 Å². The number of aromatic nitrogens is 5. The molecule has 1 atom stereocenters. The molecule has 0 saturated heterocycles. The Kier molecular flexibility index (Phi) is 3.66. The van der Waals surface area contributed by atoms with Crippen molar-refractivity contribution in [3.8, 4) is 0 Å². The second-order valence-electron chi connectivity index (χ2n) is 6.35. The third-order valence-electron chi connectivity index (χ3n) is 3.43. The summed E-state index contributed by atoms with van der Waals surface area (Å²) in [6.45, 7) is 8.69. The summed E-state index contributed by atoms with van der Waals surface area (Å²) in [4.78, 5) is 4.41. The second kappa shape index (κ2) is 5.49. The highest BCUT2D eigenvalue weighted by Gasteiger charge is 2.21. The molecule has 0 aliphatic heterocycles. The molecule has 0 saturated carbocycles. The van der Waals surface area contributed by atoms with Crippen LogP contribution in [0.2, 0.25) is 0 Å². The van der Waals surface area contributed by atoms with Crippen LogP contribution in [0.25, 0.3) is 5.65 Å². The monoisotopic (exact) mass is 300 g/mol. The van der Waals surface area contributed by atoms with Gasteiger partial charge in [0.15, 0.2) is 17.3 Å². The average Bonchev–Trinajstić information content (AvgIpc) is 3.11. The zero-order valence-electron chi connectivity index (χ0n) is 13.2. The molecular weight excluding hydrogens is 280 g/mol. The van der Waals surface area contributed by atoms with Gasteiger partial charge in [0.1, 0.15) is 0 Å². The quantitative estimate of drug-likeness (QED) is 0.796. The van der Waals surface area contributed by atoms with Gasteiger partial charge in [-0.15, -0.1) is 10.2 Å². The summed E-state index contributed by atoms with van der Waals surface area (Å²) in [6, 6.07) is 5.84. The maximum absolute atomic E-state index is 5.28. The Bertz CT molecular complexity index is 770. The molecule has 0 aromatic carbocycles. The van der Waals surface area contributed by atoms with Crippen LogP contribution in [0.3, 0.4) is 0 Å². The molecule has 3 heterocycles. The lowest BCUT2D eigenvalue weighted by Gasteiger charge is -2.11. The highest BCUT2D eigenvalue weighted by molar-refractivity contribution is 5.37. The third kappa shape index (κ3) is 2.85. The van der Waals surface area contributed by atoms with E-state index in [9.17, 15) is 0 Å². The van der Waals surface area contributed by atoms with Gasteiger partial charge in [-0.3, -0.25) is 9.72 Å². The number of pyridine rings is 1. The van der Waals surface area contributed by atoms with Gasteiger partial charge in [0.2, 0.25) is 5.89 Å². The van der Waals surface area contributed by atoms with Crippen molar-refractivity contribution in [3.63, 3.8) is 0 Å². The van der Waals surface area contributed by atoms with Crippen LogP contribution in [-0.4, -0.2) is 24.7 Å². The summed E-state index contributed by atoms with van der Waals surface area (Å²) < 4.78 is 7.24. The highest BCUT2D eigenvalue weighted by Crippen LogP contribution is 2.18.